The molecule has 90 valence electrons. The average Bonchev–Trinajstić information content (AvgIpc) is 2.23. The minimum absolute atomic E-state index is 0.0488. The van der Waals surface area contributed by atoms with Crippen molar-refractivity contribution in [3.63, 3.8) is 0 Å². The third kappa shape index (κ3) is 3.58. The molecule has 0 fully saturated rings. The van der Waals surface area contributed by atoms with Gasteiger partial charge in [0.2, 0.25) is 0 Å². The third-order valence-electron chi connectivity index (χ3n) is 2.83. The summed E-state index contributed by atoms with van der Waals surface area (Å²) in [6.07, 6.45) is -0.0332. The van der Waals surface area contributed by atoms with Gasteiger partial charge in [-0.25, -0.2) is 4.39 Å². The van der Waals surface area contributed by atoms with Gasteiger partial charge in [0.1, 0.15) is 5.82 Å². The fourth-order valence-corrected chi connectivity index (χ4v) is 1.66. The summed E-state index contributed by atoms with van der Waals surface area (Å²) in [6, 6.07) is 4.65. The first-order chi connectivity index (χ1) is 7.54. The predicted molar refractivity (Wildman–Crippen MR) is 61.9 cm³/mol. The van der Waals surface area contributed by atoms with Crippen molar-refractivity contribution in [2.24, 2.45) is 5.92 Å². The Morgan fingerprint density at radius 3 is 2.75 bits per heavy atom. The Kier molecular flexibility index (Phi) is 4.90. The van der Waals surface area contributed by atoms with E-state index in [9.17, 15) is 9.50 Å². The van der Waals surface area contributed by atoms with Gasteiger partial charge in [0.25, 0.3) is 0 Å². The molecule has 0 aliphatic carbocycles. The van der Waals surface area contributed by atoms with Crippen LogP contribution in [-0.2, 0) is 11.2 Å². The highest BCUT2D eigenvalue weighted by molar-refractivity contribution is 5.27. The van der Waals surface area contributed by atoms with Crippen molar-refractivity contribution in [1.29, 1.82) is 0 Å². The van der Waals surface area contributed by atoms with E-state index < -0.39 is 6.10 Å². The third-order valence-corrected chi connectivity index (χ3v) is 2.83. The van der Waals surface area contributed by atoms with Gasteiger partial charge in [0.15, 0.2) is 0 Å². The van der Waals surface area contributed by atoms with Crippen LogP contribution in [0.2, 0.25) is 0 Å². The van der Waals surface area contributed by atoms with Crippen molar-refractivity contribution < 1.29 is 14.2 Å². The summed E-state index contributed by atoms with van der Waals surface area (Å²) in [7, 11) is 1.61. The van der Waals surface area contributed by atoms with Crippen LogP contribution in [0.15, 0.2) is 18.2 Å². The molecule has 0 bridgehead atoms. The zero-order chi connectivity index (χ0) is 12.1. The number of benzene rings is 1. The molecule has 0 aliphatic rings. The Morgan fingerprint density at radius 1 is 1.44 bits per heavy atom. The topological polar surface area (TPSA) is 29.5 Å². The molecular weight excluding hydrogens is 207 g/mol. The molecule has 0 saturated heterocycles. The zero-order valence-electron chi connectivity index (χ0n) is 10.0. The van der Waals surface area contributed by atoms with Crippen molar-refractivity contribution >= 4 is 0 Å². The predicted octanol–water partition coefficient (Wildman–Crippen LogP) is 2.32. The first-order valence-corrected chi connectivity index (χ1v) is 5.46. The molecule has 0 aromatic heterocycles. The summed E-state index contributed by atoms with van der Waals surface area (Å²) in [5, 5.41) is 9.92. The van der Waals surface area contributed by atoms with Crippen LogP contribution < -0.4 is 0 Å². The maximum atomic E-state index is 13.0. The SMILES string of the molecule is COCC(C)C(O)Cc1cc(F)ccc1C. The summed E-state index contributed by atoms with van der Waals surface area (Å²) in [5.74, 6) is -0.208. The lowest BCUT2D eigenvalue weighted by Gasteiger charge is -2.19. The van der Waals surface area contributed by atoms with Gasteiger partial charge >= 0.3 is 0 Å². The minimum Gasteiger partial charge on any atom is -0.392 e. The van der Waals surface area contributed by atoms with Crippen LogP contribution in [0.5, 0.6) is 0 Å². The molecule has 0 radical (unpaired) electrons. The quantitative estimate of drug-likeness (QED) is 0.835. The van der Waals surface area contributed by atoms with E-state index in [1.807, 2.05) is 13.8 Å². The summed E-state index contributed by atoms with van der Waals surface area (Å²) in [5.41, 5.74) is 1.86. The zero-order valence-corrected chi connectivity index (χ0v) is 10.0. The molecule has 0 saturated carbocycles. The number of rotatable bonds is 5. The summed E-state index contributed by atoms with van der Waals surface area (Å²) in [4.78, 5) is 0. The normalized spacial score (nSPS) is 14.8. The number of hydrogen-bond donors (Lipinski definition) is 1. The highest BCUT2D eigenvalue weighted by Gasteiger charge is 2.15. The molecule has 3 heteroatoms. The van der Waals surface area contributed by atoms with Crippen molar-refractivity contribution in [1.82, 2.24) is 0 Å². The van der Waals surface area contributed by atoms with Crippen LogP contribution in [-0.4, -0.2) is 24.9 Å². The van der Waals surface area contributed by atoms with Gasteiger partial charge in [0, 0.05) is 13.0 Å². The van der Waals surface area contributed by atoms with E-state index in [-0.39, 0.29) is 11.7 Å². The minimum atomic E-state index is -0.500. The molecule has 0 aliphatic heterocycles. The fraction of sp³-hybridized carbons (Fsp3) is 0.538. The van der Waals surface area contributed by atoms with Crippen LogP contribution in [0.4, 0.5) is 4.39 Å². The van der Waals surface area contributed by atoms with Crippen molar-refractivity contribution in [3.05, 3.63) is 35.1 Å². The molecule has 2 unspecified atom stereocenters. The lowest BCUT2D eigenvalue weighted by atomic mass is 9.96. The second kappa shape index (κ2) is 5.97. The van der Waals surface area contributed by atoms with Crippen LogP contribution in [0.3, 0.4) is 0 Å². The summed E-state index contributed by atoms with van der Waals surface area (Å²) in [6.45, 7) is 4.35. The smallest absolute Gasteiger partial charge is 0.123 e. The van der Waals surface area contributed by atoms with Gasteiger partial charge in [0.05, 0.1) is 12.7 Å². The largest absolute Gasteiger partial charge is 0.392 e. The van der Waals surface area contributed by atoms with Gasteiger partial charge in [-0.05, 0) is 36.6 Å². The standard InChI is InChI=1S/C13H19FO2/c1-9-4-5-12(14)6-11(9)7-13(15)10(2)8-16-3/h4-6,10,13,15H,7-8H2,1-3H3. The number of aryl methyl sites for hydroxylation is 1. The molecule has 16 heavy (non-hydrogen) atoms. The Balaban J connectivity index is 2.68. The van der Waals surface area contributed by atoms with E-state index >= 15 is 0 Å². The number of methoxy groups -OCH3 is 1. The monoisotopic (exact) mass is 226 g/mol. The molecule has 1 N–H and O–H groups in total. The molecular formula is C13H19FO2. The fourth-order valence-electron chi connectivity index (χ4n) is 1.66. The second-order valence-electron chi connectivity index (χ2n) is 4.27. The maximum absolute atomic E-state index is 13.0. The van der Waals surface area contributed by atoms with E-state index in [2.05, 4.69) is 0 Å². The lowest BCUT2D eigenvalue weighted by Crippen LogP contribution is -2.24. The van der Waals surface area contributed by atoms with Crippen molar-refractivity contribution in [2.45, 2.75) is 26.4 Å². The Labute approximate surface area is 96.1 Å². The number of aliphatic hydroxyl groups is 1. The first kappa shape index (κ1) is 13.1. The van der Waals surface area contributed by atoms with E-state index in [1.165, 1.54) is 12.1 Å². The molecule has 1 aromatic rings. The van der Waals surface area contributed by atoms with E-state index in [1.54, 1.807) is 13.2 Å². The molecule has 2 atom stereocenters. The Hall–Kier alpha value is -0.930. The van der Waals surface area contributed by atoms with E-state index in [4.69, 9.17) is 4.74 Å². The van der Waals surface area contributed by atoms with Crippen LogP contribution in [0, 0.1) is 18.7 Å². The number of aliphatic hydroxyl groups excluding tert-OH is 1. The molecule has 0 heterocycles. The Morgan fingerprint density at radius 2 is 2.12 bits per heavy atom. The summed E-state index contributed by atoms with van der Waals surface area (Å²) < 4.78 is 18.0. The van der Waals surface area contributed by atoms with E-state index in [0.717, 1.165) is 11.1 Å². The molecule has 0 amide bonds. The maximum Gasteiger partial charge on any atom is 0.123 e. The number of halogens is 1. The second-order valence-corrected chi connectivity index (χ2v) is 4.27. The first-order valence-electron chi connectivity index (χ1n) is 5.46. The highest BCUT2D eigenvalue weighted by Crippen LogP contribution is 2.16. The van der Waals surface area contributed by atoms with Crippen LogP contribution in [0.1, 0.15) is 18.1 Å². The lowest BCUT2D eigenvalue weighted by molar-refractivity contribution is 0.0573. The number of ether oxygens (including phenoxy) is 1. The van der Waals surface area contributed by atoms with Gasteiger partial charge in [-0.15, -0.1) is 0 Å². The average molecular weight is 226 g/mol. The van der Waals surface area contributed by atoms with Crippen LogP contribution in [0.25, 0.3) is 0 Å². The van der Waals surface area contributed by atoms with Crippen molar-refractivity contribution in [2.75, 3.05) is 13.7 Å². The molecule has 1 rings (SSSR count). The Bertz CT molecular complexity index is 339. The van der Waals surface area contributed by atoms with Gasteiger partial charge < -0.3 is 9.84 Å². The van der Waals surface area contributed by atoms with Gasteiger partial charge in [-0.1, -0.05) is 13.0 Å². The van der Waals surface area contributed by atoms with Crippen molar-refractivity contribution in [3.8, 4) is 0 Å². The van der Waals surface area contributed by atoms with Gasteiger partial charge in [-0.3, -0.25) is 0 Å². The summed E-state index contributed by atoms with van der Waals surface area (Å²) >= 11 is 0. The highest BCUT2D eigenvalue weighted by atomic mass is 19.1. The molecule has 1 aromatic carbocycles. The van der Waals surface area contributed by atoms with E-state index in [0.29, 0.717) is 13.0 Å². The molecule has 2 nitrogen and oxygen atoms in total. The number of hydrogen-bond acceptors (Lipinski definition) is 2. The molecule has 0 spiro atoms. The van der Waals surface area contributed by atoms with Crippen LogP contribution >= 0.6 is 0 Å². The van der Waals surface area contributed by atoms with Gasteiger partial charge in [-0.2, -0.15) is 0 Å².